The molecule has 144 valence electrons. The van der Waals surface area contributed by atoms with Crippen LogP contribution in [0.2, 0.25) is 0 Å². The highest BCUT2D eigenvalue weighted by Gasteiger charge is 2.52. The molecule has 3 aliphatic carbocycles. The summed E-state index contributed by atoms with van der Waals surface area (Å²) in [6.07, 6.45) is 12.4. The van der Waals surface area contributed by atoms with Crippen molar-refractivity contribution in [2.24, 2.45) is 11.8 Å². The van der Waals surface area contributed by atoms with Crippen LogP contribution in [-0.4, -0.2) is 40.9 Å². The van der Waals surface area contributed by atoms with Gasteiger partial charge < -0.3 is 10.6 Å². The van der Waals surface area contributed by atoms with Gasteiger partial charge in [-0.05, 0) is 43.9 Å². The third-order valence-electron chi connectivity index (χ3n) is 7.17. The topological polar surface area (TPSA) is 78.5 Å². The zero-order chi connectivity index (χ0) is 18.1. The molecule has 4 aliphatic rings. The summed E-state index contributed by atoms with van der Waals surface area (Å²) in [5.74, 6) is 1.48. The lowest BCUT2D eigenvalue weighted by atomic mass is 9.69. The van der Waals surface area contributed by atoms with Gasteiger partial charge in [0.1, 0.15) is 5.54 Å². The average Bonchev–Trinajstić information content (AvgIpc) is 3.19. The molecule has 0 aromatic carbocycles. The summed E-state index contributed by atoms with van der Waals surface area (Å²) in [5.41, 5.74) is -0.674. The summed E-state index contributed by atoms with van der Waals surface area (Å²) in [6, 6.07) is -0.0569. The Morgan fingerprint density at radius 3 is 2.54 bits per heavy atom. The molecule has 0 radical (unpaired) electrons. The summed E-state index contributed by atoms with van der Waals surface area (Å²) < 4.78 is 0. The van der Waals surface area contributed by atoms with Gasteiger partial charge in [0.25, 0.3) is 5.91 Å². The molecule has 1 aliphatic heterocycles. The molecule has 3 saturated carbocycles. The lowest BCUT2D eigenvalue weighted by Crippen LogP contribution is -2.45. The zero-order valence-corrected chi connectivity index (χ0v) is 15.6. The Bertz CT molecular complexity index is 585. The Morgan fingerprint density at radius 2 is 1.77 bits per heavy atom. The molecular weight excluding hydrogens is 330 g/mol. The fraction of sp³-hybridized carbons (Fsp3) is 0.850. The van der Waals surface area contributed by atoms with E-state index >= 15 is 0 Å². The minimum Gasteiger partial charge on any atom is -0.353 e. The minimum atomic E-state index is -0.674. The van der Waals surface area contributed by atoms with E-state index in [0.717, 1.165) is 50.4 Å². The van der Waals surface area contributed by atoms with E-state index in [0.29, 0.717) is 0 Å². The third kappa shape index (κ3) is 3.35. The number of rotatable bonds is 4. The van der Waals surface area contributed by atoms with E-state index in [1.807, 2.05) is 0 Å². The molecule has 3 unspecified atom stereocenters. The van der Waals surface area contributed by atoms with Crippen LogP contribution in [0.3, 0.4) is 0 Å². The highest BCUT2D eigenvalue weighted by Crippen LogP contribution is 2.40. The molecule has 4 rings (SSSR count). The monoisotopic (exact) mass is 361 g/mol. The molecule has 1 heterocycles. The van der Waals surface area contributed by atoms with Crippen LogP contribution in [0, 0.1) is 11.8 Å². The van der Waals surface area contributed by atoms with Crippen molar-refractivity contribution in [1.29, 1.82) is 0 Å². The quantitative estimate of drug-likeness (QED) is 0.756. The number of hydrogen-bond acceptors (Lipinski definition) is 3. The highest BCUT2D eigenvalue weighted by atomic mass is 16.2. The molecule has 6 heteroatoms. The van der Waals surface area contributed by atoms with Crippen LogP contribution in [0.15, 0.2) is 0 Å². The predicted octanol–water partition coefficient (Wildman–Crippen LogP) is 2.72. The Labute approximate surface area is 155 Å². The van der Waals surface area contributed by atoms with Crippen molar-refractivity contribution in [2.45, 2.75) is 88.6 Å². The standard InChI is InChI=1S/C20H31N3O3/c24-17(21-16-8-7-14-5-1-2-6-15(14)13-16)9-12-23-18(25)20(22-19(23)26)10-3-4-11-20/h14-16H,1-13H2,(H,21,24)(H,22,26). The van der Waals surface area contributed by atoms with E-state index < -0.39 is 5.54 Å². The van der Waals surface area contributed by atoms with Crippen molar-refractivity contribution in [3.05, 3.63) is 0 Å². The molecule has 4 amide bonds. The maximum absolute atomic E-state index is 12.6. The summed E-state index contributed by atoms with van der Waals surface area (Å²) in [6.45, 7) is 0.191. The maximum Gasteiger partial charge on any atom is 0.325 e. The Balaban J connectivity index is 1.25. The molecule has 4 fully saturated rings. The summed E-state index contributed by atoms with van der Waals surface area (Å²) in [5, 5.41) is 6.03. The van der Waals surface area contributed by atoms with Crippen LogP contribution in [0.4, 0.5) is 4.79 Å². The van der Waals surface area contributed by atoms with Gasteiger partial charge in [-0.15, -0.1) is 0 Å². The predicted molar refractivity (Wildman–Crippen MR) is 97.3 cm³/mol. The average molecular weight is 361 g/mol. The number of amides is 4. The van der Waals surface area contributed by atoms with E-state index in [4.69, 9.17) is 0 Å². The number of carbonyl (C=O) groups excluding carboxylic acids is 3. The van der Waals surface area contributed by atoms with Crippen molar-refractivity contribution in [1.82, 2.24) is 15.5 Å². The van der Waals surface area contributed by atoms with Gasteiger partial charge in [0.15, 0.2) is 0 Å². The number of imide groups is 1. The largest absolute Gasteiger partial charge is 0.353 e. The van der Waals surface area contributed by atoms with Gasteiger partial charge in [-0.25, -0.2) is 4.79 Å². The van der Waals surface area contributed by atoms with E-state index in [2.05, 4.69) is 10.6 Å². The van der Waals surface area contributed by atoms with Gasteiger partial charge in [0, 0.05) is 19.0 Å². The Morgan fingerprint density at radius 1 is 1.04 bits per heavy atom. The normalized spacial score (nSPS) is 33.2. The van der Waals surface area contributed by atoms with Crippen LogP contribution >= 0.6 is 0 Å². The minimum absolute atomic E-state index is 0.0303. The van der Waals surface area contributed by atoms with E-state index in [1.165, 1.54) is 37.0 Å². The van der Waals surface area contributed by atoms with Crippen LogP contribution in [0.5, 0.6) is 0 Å². The highest BCUT2D eigenvalue weighted by molar-refractivity contribution is 6.07. The molecule has 3 atom stereocenters. The van der Waals surface area contributed by atoms with Crippen molar-refractivity contribution in [2.75, 3.05) is 6.54 Å². The second-order valence-corrected chi connectivity index (χ2v) is 8.81. The number of fused-ring (bicyclic) bond motifs is 1. The zero-order valence-electron chi connectivity index (χ0n) is 15.6. The van der Waals surface area contributed by atoms with Crippen LogP contribution in [0.1, 0.15) is 77.0 Å². The number of hydrogen-bond donors (Lipinski definition) is 2. The smallest absolute Gasteiger partial charge is 0.325 e. The first kappa shape index (κ1) is 17.8. The molecule has 2 N–H and O–H groups in total. The van der Waals surface area contributed by atoms with Gasteiger partial charge in [-0.3, -0.25) is 14.5 Å². The molecule has 0 bridgehead atoms. The van der Waals surface area contributed by atoms with Gasteiger partial charge in [-0.1, -0.05) is 38.5 Å². The van der Waals surface area contributed by atoms with Crippen molar-refractivity contribution in [3.63, 3.8) is 0 Å². The van der Waals surface area contributed by atoms with E-state index in [-0.39, 0.29) is 36.9 Å². The summed E-state index contributed by atoms with van der Waals surface area (Å²) in [4.78, 5) is 38.4. The number of urea groups is 1. The molecule has 26 heavy (non-hydrogen) atoms. The number of carbonyl (C=O) groups is 3. The molecule has 0 aromatic heterocycles. The Hall–Kier alpha value is -1.59. The van der Waals surface area contributed by atoms with Gasteiger partial charge in [0.05, 0.1) is 0 Å². The van der Waals surface area contributed by atoms with Gasteiger partial charge in [0.2, 0.25) is 5.91 Å². The van der Waals surface area contributed by atoms with Gasteiger partial charge >= 0.3 is 6.03 Å². The maximum atomic E-state index is 12.6. The van der Waals surface area contributed by atoms with Crippen LogP contribution in [-0.2, 0) is 9.59 Å². The number of nitrogens with zero attached hydrogens (tertiary/aromatic N) is 1. The molecular formula is C20H31N3O3. The van der Waals surface area contributed by atoms with Crippen molar-refractivity contribution < 1.29 is 14.4 Å². The lowest BCUT2D eigenvalue weighted by molar-refractivity contribution is -0.131. The molecule has 1 saturated heterocycles. The van der Waals surface area contributed by atoms with E-state index in [9.17, 15) is 14.4 Å². The van der Waals surface area contributed by atoms with Crippen LogP contribution < -0.4 is 10.6 Å². The first-order chi connectivity index (χ1) is 12.6. The fourth-order valence-electron chi connectivity index (χ4n) is 5.71. The lowest BCUT2D eigenvalue weighted by Gasteiger charge is -2.39. The van der Waals surface area contributed by atoms with Crippen LogP contribution in [0.25, 0.3) is 0 Å². The third-order valence-corrected chi connectivity index (χ3v) is 7.17. The fourth-order valence-corrected chi connectivity index (χ4v) is 5.71. The summed E-state index contributed by atoms with van der Waals surface area (Å²) in [7, 11) is 0. The van der Waals surface area contributed by atoms with E-state index in [1.54, 1.807) is 0 Å². The van der Waals surface area contributed by atoms with Gasteiger partial charge in [-0.2, -0.15) is 0 Å². The van der Waals surface area contributed by atoms with Crippen molar-refractivity contribution in [3.8, 4) is 0 Å². The first-order valence-electron chi connectivity index (χ1n) is 10.5. The van der Waals surface area contributed by atoms with Crippen molar-refractivity contribution >= 4 is 17.8 Å². The number of nitrogens with one attached hydrogen (secondary N) is 2. The second kappa shape index (κ2) is 7.20. The summed E-state index contributed by atoms with van der Waals surface area (Å²) >= 11 is 0. The SMILES string of the molecule is O=C(CCN1C(=O)NC2(CCCC2)C1=O)NC1CCC2CCCCC2C1. The molecule has 0 aromatic rings. The molecule has 1 spiro atoms. The Kier molecular flexibility index (Phi) is 4.93. The second-order valence-electron chi connectivity index (χ2n) is 8.81. The first-order valence-corrected chi connectivity index (χ1v) is 10.5. The molecule has 6 nitrogen and oxygen atoms in total.